The van der Waals surface area contributed by atoms with Crippen LogP contribution in [0.25, 0.3) is 0 Å². The average Bonchev–Trinajstić information content (AvgIpc) is 2.14. The first-order valence-corrected chi connectivity index (χ1v) is 5.97. The van der Waals surface area contributed by atoms with Crippen LogP contribution in [0.4, 0.5) is 13.2 Å². The third kappa shape index (κ3) is 4.24. The maximum atomic E-state index is 12.4. The molecule has 0 heterocycles. The molecule has 17 heavy (non-hydrogen) atoms. The van der Waals surface area contributed by atoms with Crippen LogP contribution in [0.5, 0.6) is 0 Å². The van der Waals surface area contributed by atoms with E-state index in [1.54, 1.807) is 13.0 Å². The van der Waals surface area contributed by atoms with E-state index in [0.717, 1.165) is 0 Å². The molecule has 0 fully saturated rings. The Bertz CT molecular complexity index is 431. The van der Waals surface area contributed by atoms with E-state index in [9.17, 15) is 18.0 Å². The maximum absolute atomic E-state index is 12.4. The van der Waals surface area contributed by atoms with Gasteiger partial charge < -0.3 is 0 Å². The predicted octanol–water partition coefficient (Wildman–Crippen LogP) is 4.48. The van der Waals surface area contributed by atoms with Crippen LogP contribution >= 0.6 is 23.4 Å². The number of carbonyl (C=O) groups is 1. The van der Waals surface area contributed by atoms with Crippen LogP contribution in [0.15, 0.2) is 23.1 Å². The Labute approximate surface area is 106 Å². The summed E-state index contributed by atoms with van der Waals surface area (Å²) < 4.78 is 37.1. The monoisotopic (exact) mass is 282 g/mol. The topological polar surface area (TPSA) is 17.1 Å². The molecule has 0 saturated heterocycles. The first-order chi connectivity index (χ1) is 7.70. The molecule has 0 saturated carbocycles. The van der Waals surface area contributed by atoms with Crippen molar-refractivity contribution in [2.45, 2.75) is 29.6 Å². The Morgan fingerprint density at radius 2 is 2.00 bits per heavy atom. The van der Waals surface area contributed by atoms with E-state index in [0.29, 0.717) is 5.56 Å². The number of ketones is 1. The molecule has 1 nitrogen and oxygen atoms in total. The number of benzene rings is 1. The zero-order valence-corrected chi connectivity index (χ0v) is 10.7. The van der Waals surface area contributed by atoms with Crippen LogP contribution in [0.2, 0.25) is 0 Å². The van der Waals surface area contributed by atoms with Crippen LogP contribution < -0.4 is 0 Å². The molecule has 0 radical (unpaired) electrons. The lowest BCUT2D eigenvalue weighted by Gasteiger charge is -2.14. The van der Waals surface area contributed by atoms with E-state index in [1.807, 2.05) is 0 Å². The fraction of sp³-hybridized carbons (Fsp3) is 0.364. The Morgan fingerprint density at radius 1 is 1.41 bits per heavy atom. The van der Waals surface area contributed by atoms with Crippen molar-refractivity contribution < 1.29 is 18.0 Å². The fourth-order valence-electron chi connectivity index (χ4n) is 1.28. The van der Waals surface area contributed by atoms with Gasteiger partial charge in [-0.3, -0.25) is 4.79 Å². The third-order valence-corrected chi connectivity index (χ3v) is 3.37. The lowest BCUT2D eigenvalue weighted by Crippen LogP contribution is -2.06. The van der Waals surface area contributed by atoms with Crippen LogP contribution in [-0.2, 0) is 4.79 Å². The Balaban J connectivity index is 3.17. The molecular weight excluding hydrogens is 273 g/mol. The minimum Gasteiger partial charge on any atom is -0.298 e. The second-order valence-electron chi connectivity index (χ2n) is 3.56. The van der Waals surface area contributed by atoms with Gasteiger partial charge in [-0.25, -0.2) is 0 Å². The lowest BCUT2D eigenvalue weighted by atomic mass is 10.1. The van der Waals surface area contributed by atoms with Crippen LogP contribution in [-0.4, -0.2) is 11.3 Å². The molecule has 0 N–H and O–H groups in total. The molecule has 0 spiro atoms. The smallest absolute Gasteiger partial charge is 0.298 e. The van der Waals surface area contributed by atoms with Gasteiger partial charge in [-0.2, -0.15) is 13.2 Å². The predicted molar refractivity (Wildman–Crippen MR) is 62.4 cm³/mol. The number of aryl methyl sites for hydroxylation is 1. The van der Waals surface area contributed by atoms with Crippen molar-refractivity contribution >= 4 is 29.1 Å². The first kappa shape index (κ1) is 14.4. The Kier molecular flexibility index (Phi) is 4.49. The zero-order chi connectivity index (χ0) is 13.2. The number of Topliss-reactive ketones (excluding diaryl/α,β-unsaturated/α-hetero) is 1. The number of halogens is 4. The molecule has 0 aliphatic rings. The SMILES string of the molecule is CC(=O)C(Cl)c1ccc(C)cc1SC(F)(F)F. The highest BCUT2D eigenvalue weighted by Crippen LogP contribution is 2.41. The standard InChI is InChI=1S/C11H10ClF3OS/c1-6-3-4-8(10(12)7(2)16)9(5-6)17-11(13,14)15/h3-5,10H,1-2H3. The molecule has 94 valence electrons. The number of hydrogen-bond donors (Lipinski definition) is 0. The molecule has 0 aliphatic heterocycles. The molecule has 0 bridgehead atoms. The molecule has 1 aromatic carbocycles. The van der Waals surface area contributed by atoms with E-state index in [1.165, 1.54) is 19.1 Å². The highest BCUT2D eigenvalue weighted by atomic mass is 35.5. The summed E-state index contributed by atoms with van der Waals surface area (Å²) in [6, 6.07) is 4.47. The molecule has 0 aliphatic carbocycles. The zero-order valence-electron chi connectivity index (χ0n) is 9.14. The average molecular weight is 283 g/mol. The highest BCUT2D eigenvalue weighted by Gasteiger charge is 2.31. The number of hydrogen-bond acceptors (Lipinski definition) is 2. The van der Waals surface area contributed by atoms with E-state index in [4.69, 9.17) is 11.6 Å². The number of thioether (sulfide) groups is 1. The largest absolute Gasteiger partial charge is 0.446 e. The van der Waals surface area contributed by atoms with Crippen LogP contribution in [0.1, 0.15) is 23.4 Å². The van der Waals surface area contributed by atoms with Crippen molar-refractivity contribution in [2.75, 3.05) is 0 Å². The van der Waals surface area contributed by atoms with E-state index >= 15 is 0 Å². The molecular formula is C11H10ClF3OS. The summed E-state index contributed by atoms with van der Waals surface area (Å²) >= 11 is 5.55. The molecule has 1 atom stereocenters. The number of alkyl halides is 4. The van der Waals surface area contributed by atoms with Gasteiger partial charge in [-0.05, 0) is 42.8 Å². The second-order valence-corrected chi connectivity index (χ2v) is 5.11. The van der Waals surface area contributed by atoms with Gasteiger partial charge in [-0.1, -0.05) is 12.1 Å². The van der Waals surface area contributed by atoms with E-state index in [2.05, 4.69) is 0 Å². The van der Waals surface area contributed by atoms with Crippen LogP contribution in [0.3, 0.4) is 0 Å². The van der Waals surface area contributed by atoms with Gasteiger partial charge in [0.05, 0.1) is 0 Å². The summed E-state index contributed by atoms with van der Waals surface area (Å²) in [6.07, 6.45) is 0. The summed E-state index contributed by atoms with van der Waals surface area (Å²) in [6.45, 7) is 2.93. The highest BCUT2D eigenvalue weighted by molar-refractivity contribution is 8.00. The van der Waals surface area contributed by atoms with Gasteiger partial charge >= 0.3 is 5.51 Å². The van der Waals surface area contributed by atoms with Crippen molar-refractivity contribution in [3.63, 3.8) is 0 Å². The summed E-state index contributed by atoms with van der Waals surface area (Å²) in [4.78, 5) is 11.1. The van der Waals surface area contributed by atoms with Gasteiger partial charge in [0.25, 0.3) is 0 Å². The van der Waals surface area contributed by atoms with Gasteiger partial charge in [0.1, 0.15) is 5.38 Å². The third-order valence-electron chi connectivity index (χ3n) is 2.02. The molecule has 6 heteroatoms. The van der Waals surface area contributed by atoms with Crippen molar-refractivity contribution in [3.05, 3.63) is 29.3 Å². The normalized spacial score (nSPS) is 13.5. The lowest BCUT2D eigenvalue weighted by molar-refractivity contribution is -0.116. The molecule has 1 rings (SSSR count). The first-order valence-electron chi connectivity index (χ1n) is 4.71. The molecule has 0 amide bonds. The second kappa shape index (κ2) is 5.31. The van der Waals surface area contributed by atoms with Crippen molar-refractivity contribution in [2.24, 2.45) is 0 Å². The fourth-order valence-corrected chi connectivity index (χ4v) is 2.34. The van der Waals surface area contributed by atoms with E-state index < -0.39 is 10.9 Å². The quantitative estimate of drug-likeness (QED) is 0.601. The summed E-state index contributed by atoms with van der Waals surface area (Å²) in [5.74, 6) is -0.375. The van der Waals surface area contributed by atoms with Crippen molar-refractivity contribution in [3.8, 4) is 0 Å². The minimum atomic E-state index is -4.39. The summed E-state index contributed by atoms with van der Waals surface area (Å²) in [5, 5.41) is -1.04. The van der Waals surface area contributed by atoms with Gasteiger partial charge in [0.2, 0.25) is 0 Å². The number of carbonyl (C=O) groups excluding carboxylic acids is 1. The van der Waals surface area contributed by atoms with Gasteiger partial charge in [0, 0.05) is 4.90 Å². The minimum absolute atomic E-state index is 0.0206. The maximum Gasteiger partial charge on any atom is 0.446 e. The van der Waals surface area contributed by atoms with Gasteiger partial charge in [-0.15, -0.1) is 11.6 Å². The molecule has 0 aromatic heterocycles. The number of rotatable bonds is 3. The van der Waals surface area contributed by atoms with Crippen LogP contribution in [0, 0.1) is 6.92 Å². The summed E-state index contributed by atoms with van der Waals surface area (Å²) in [5.41, 5.74) is -3.50. The van der Waals surface area contributed by atoms with Gasteiger partial charge in [0.15, 0.2) is 5.78 Å². The molecule has 1 aromatic rings. The van der Waals surface area contributed by atoms with Crippen molar-refractivity contribution in [1.82, 2.24) is 0 Å². The molecule has 1 unspecified atom stereocenters. The summed E-state index contributed by atoms with van der Waals surface area (Å²) in [7, 11) is 0. The Morgan fingerprint density at radius 3 is 2.47 bits per heavy atom. The van der Waals surface area contributed by atoms with Crippen molar-refractivity contribution in [1.29, 1.82) is 0 Å². The van der Waals surface area contributed by atoms with E-state index in [-0.39, 0.29) is 28.0 Å². The Hall–Kier alpha value is -0.680.